The monoisotopic (exact) mass is 393 g/mol. The molecule has 1 aliphatic heterocycles. The summed E-state index contributed by atoms with van der Waals surface area (Å²) in [6.07, 6.45) is 3.69. The number of amides is 1. The highest BCUT2D eigenvalue weighted by atomic mass is 35.5. The Morgan fingerprint density at radius 3 is 2.70 bits per heavy atom. The molecule has 1 saturated heterocycles. The molecule has 6 nitrogen and oxygen atoms in total. The van der Waals surface area contributed by atoms with Gasteiger partial charge < -0.3 is 15.0 Å². The molecule has 3 rings (SSSR count). The molecule has 148 valence electrons. The van der Waals surface area contributed by atoms with Crippen LogP contribution in [0.2, 0.25) is 0 Å². The number of esters is 1. The van der Waals surface area contributed by atoms with Crippen LogP contribution >= 0.6 is 12.4 Å². The summed E-state index contributed by atoms with van der Waals surface area (Å²) < 4.78 is 4.94. The third kappa shape index (κ3) is 5.23. The summed E-state index contributed by atoms with van der Waals surface area (Å²) in [6, 6.07) is 7.72. The van der Waals surface area contributed by atoms with E-state index >= 15 is 0 Å². The Morgan fingerprint density at radius 2 is 2.00 bits per heavy atom. The fraction of sp³-hybridized carbons (Fsp3) is 0.500. The number of likely N-dealkylation sites (tertiary alicyclic amines) is 1. The lowest BCUT2D eigenvalue weighted by molar-refractivity contribution is -0.147. The summed E-state index contributed by atoms with van der Waals surface area (Å²) in [7, 11) is 0. The number of carbonyl (C=O) groups excluding carboxylic acids is 2. The van der Waals surface area contributed by atoms with Gasteiger partial charge in [-0.05, 0) is 51.4 Å². The first kappa shape index (κ1) is 21.3. The van der Waals surface area contributed by atoms with Crippen molar-refractivity contribution in [3.63, 3.8) is 0 Å². The Hall–Kier alpha value is -2.05. The van der Waals surface area contributed by atoms with Crippen molar-refractivity contribution < 1.29 is 14.3 Å². The van der Waals surface area contributed by atoms with Crippen molar-refractivity contribution in [1.29, 1.82) is 0 Å². The molecular weight excluding hydrogens is 366 g/mol. The topological polar surface area (TPSA) is 74.4 Å². The van der Waals surface area contributed by atoms with Crippen LogP contribution in [-0.4, -0.2) is 47.5 Å². The first-order valence-corrected chi connectivity index (χ1v) is 9.32. The molecule has 1 fully saturated rings. The molecule has 1 aromatic carbocycles. The molecule has 2 aromatic rings. The lowest BCUT2D eigenvalue weighted by Gasteiger charge is -2.31. The second-order valence-corrected chi connectivity index (χ2v) is 6.89. The number of aromatic nitrogens is 1. The van der Waals surface area contributed by atoms with Gasteiger partial charge in [0.25, 0.3) is 0 Å². The first-order valence-electron chi connectivity index (χ1n) is 9.32. The number of hydrogen-bond donors (Lipinski definition) is 2. The number of H-pyrrole nitrogens is 1. The number of rotatable bonds is 6. The molecule has 1 aliphatic rings. The molecule has 2 N–H and O–H groups in total. The number of hydrogen-bond acceptors (Lipinski definition) is 4. The summed E-state index contributed by atoms with van der Waals surface area (Å²) in [5.41, 5.74) is 2.45. The van der Waals surface area contributed by atoms with Crippen molar-refractivity contribution in [3.05, 3.63) is 36.0 Å². The molecule has 2 heterocycles. The second kappa shape index (κ2) is 9.76. The van der Waals surface area contributed by atoms with Gasteiger partial charge in [-0.25, -0.2) is 4.79 Å². The normalized spacial score (nSPS) is 16.5. The maximum atomic E-state index is 12.4. The molecular formula is C20H28ClN3O3. The van der Waals surface area contributed by atoms with E-state index in [2.05, 4.69) is 39.6 Å². The number of halogens is 1. The van der Waals surface area contributed by atoms with E-state index in [0.29, 0.717) is 6.61 Å². The molecule has 0 spiro atoms. The highest BCUT2D eigenvalue weighted by Gasteiger charge is 2.27. The van der Waals surface area contributed by atoms with Crippen LogP contribution in [0.1, 0.15) is 32.3 Å². The maximum absolute atomic E-state index is 12.4. The van der Waals surface area contributed by atoms with Crippen LogP contribution in [0.25, 0.3) is 10.9 Å². The van der Waals surface area contributed by atoms with Crippen molar-refractivity contribution in [2.45, 2.75) is 39.3 Å². The van der Waals surface area contributed by atoms with Crippen molar-refractivity contribution in [2.75, 3.05) is 19.7 Å². The van der Waals surface area contributed by atoms with E-state index < -0.39 is 6.04 Å². The Bertz CT molecular complexity index is 769. The van der Waals surface area contributed by atoms with E-state index in [4.69, 9.17) is 4.74 Å². The van der Waals surface area contributed by atoms with E-state index in [1.807, 2.05) is 6.07 Å². The molecule has 1 amide bonds. The summed E-state index contributed by atoms with van der Waals surface area (Å²) >= 11 is 0. The number of aromatic amines is 1. The number of ether oxygens (including phenoxy) is 1. The summed E-state index contributed by atoms with van der Waals surface area (Å²) in [6.45, 7) is 6.40. The molecule has 0 saturated carbocycles. The Morgan fingerprint density at radius 1 is 1.30 bits per heavy atom. The van der Waals surface area contributed by atoms with Gasteiger partial charge in [0.05, 0.1) is 6.61 Å². The summed E-state index contributed by atoms with van der Waals surface area (Å²) in [5, 5.41) is 4.04. The summed E-state index contributed by atoms with van der Waals surface area (Å²) in [5.74, 6) is -0.457. The van der Waals surface area contributed by atoms with Crippen LogP contribution in [0, 0.1) is 5.92 Å². The first-order chi connectivity index (χ1) is 12.6. The Balaban J connectivity index is 0.00000261. The van der Waals surface area contributed by atoms with Gasteiger partial charge >= 0.3 is 5.97 Å². The van der Waals surface area contributed by atoms with Gasteiger partial charge in [-0.3, -0.25) is 9.69 Å². The van der Waals surface area contributed by atoms with Gasteiger partial charge in [-0.1, -0.05) is 18.2 Å². The minimum Gasteiger partial charge on any atom is -0.464 e. The minimum atomic E-state index is -0.591. The molecule has 0 aliphatic carbocycles. The molecule has 7 heteroatoms. The zero-order chi connectivity index (χ0) is 18.5. The quantitative estimate of drug-likeness (QED) is 0.740. The number of benzene rings is 1. The van der Waals surface area contributed by atoms with Crippen molar-refractivity contribution in [2.24, 2.45) is 5.92 Å². The molecule has 1 aromatic heterocycles. The van der Waals surface area contributed by atoms with Crippen molar-refractivity contribution in [1.82, 2.24) is 15.2 Å². The number of nitrogens with zero attached hydrogens (tertiary/aromatic N) is 1. The minimum absolute atomic E-state index is 0. The highest BCUT2D eigenvalue weighted by Crippen LogP contribution is 2.23. The van der Waals surface area contributed by atoms with Gasteiger partial charge in [0.2, 0.25) is 5.91 Å². The van der Waals surface area contributed by atoms with Crippen LogP contribution in [0.4, 0.5) is 0 Å². The van der Waals surface area contributed by atoms with Crippen LogP contribution in [0.15, 0.2) is 30.5 Å². The Labute approximate surface area is 166 Å². The zero-order valence-corrected chi connectivity index (χ0v) is 16.7. The summed E-state index contributed by atoms with van der Waals surface area (Å²) in [4.78, 5) is 29.7. The van der Waals surface area contributed by atoms with E-state index in [9.17, 15) is 9.59 Å². The average molecular weight is 394 g/mol. The predicted octanol–water partition coefficient (Wildman–Crippen LogP) is 2.87. The van der Waals surface area contributed by atoms with Gasteiger partial charge in [0.1, 0.15) is 6.04 Å². The number of carbonyl (C=O) groups is 2. The van der Waals surface area contributed by atoms with E-state index in [1.165, 1.54) is 10.9 Å². The molecule has 0 radical (unpaired) electrons. The zero-order valence-electron chi connectivity index (χ0n) is 15.9. The number of para-hydroxylation sites is 1. The Kier molecular flexibility index (Phi) is 7.68. The van der Waals surface area contributed by atoms with Crippen LogP contribution < -0.4 is 5.32 Å². The van der Waals surface area contributed by atoms with Gasteiger partial charge in [0.15, 0.2) is 0 Å². The van der Waals surface area contributed by atoms with Crippen LogP contribution in [0.3, 0.4) is 0 Å². The lowest BCUT2D eigenvalue weighted by Crippen LogP contribution is -2.45. The maximum Gasteiger partial charge on any atom is 0.328 e. The van der Waals surface area contributed by atoms with Gasteiger partial charge in [0, 0.05) is 29.6 Å². The van der Waals surface area contributed by atoms with Gasteiger partial charge in [-0.2, -0.15) is 0 Å². The average Bonchev–Trinajstić information content (AvgIpc) is 3.05. The van der Waals surface area contributed by atoms with Crippen molar-refractivity contribution >= 4 is 35.2 Å². The standard InChI is InChI=1S/C20H27N3O3.ClH/c1-3-26-20(25)14(2)22-19(24)15-8-10-23(11-9-15)13-16-12-21-18-7-5-4-6-17(16)18;/h4-7,12,14-15,21H,3,8-11,13H2,1-2H3,(H,22,24);1H/t14-;/m0./s1. The van der Waals surface area contributed by atoms with E-state index in [1.54, 1.807) is 13.8 Å². The third-order valence-corrected chi connectivity index (χ3v) is 5.03. The smallest absolute Gasteiger partial charge is 0.328 e. The number of nitrogens with one attached hydrogen (secondary N) is 2. The molecule has 27 heavy (non-hydrogen) atoms. The largest absolute Gasteiger partial charge is 0.464 e. The second-order valence-electron chi connectivity index (χ2n) is 6.89. The van der Waals surface area contributed by atoms with Gasteiger partial charge in [-0.15, -0.1) is 12.4 Å². The lowest BCUT2D eigenvalue weighted by atomic mass is 9.95. The highest BCUT2D eigenvalue weighted by molar-refractivity contribution is 5.86. The van der Waals surface area contributed by atoms with Crippen LogP contribution in [0.5, 0.6) is 0 Å². The third-order valence-electron chi connectivity index (χ3n) is 5.03. The number of fused-ring (bicyclic) bond motifs is 1. The van der Waals surface area contributed by atoms with Crippen molar-refractivity contribution in [3.8, 4) is 0 Å². The SMILES string of the molecule is CCOC(=O)[C@H](C)NC(=O)C1CCN(Cc2c[nH]c3ccccc23)CC1.Cl. The fourth-order valence-electron chi connectivity index (χ4n) is 3.51. The molecule has 0 bridgehead atoms. The van der Waals surface area contributed by atoms with E-state index in [-0.39, 0.29) is 30.2 Å². The molecule has 1 atom stereocenters. The predicted molar refractivity (Wildman–Crippen MR) is 108 cm³/mol. The number of piperidine rings is 1. The van der Waals surface area contributed by atoms with E-state index in [0.717, 1.165) is 38.0 Å². The fourth-order valence-corrected chi connectivity index (χ4v) is 3.51. The molecule has 0 unspecified atom stereocenters. The van der Waals surface area contributed by atoms with Crippen LogP contribution in [-0.2, 0) is 20.9 Å².